The van der Waals surface area contributed by atoms with Crippen molar-refractivity contribution in [2.75, 3.05) is 6.61 Å². The Labute approximate surface area is 148 Å². The van der Waals surface area contributed by atoms with Crippen molar-refractivity contribution >= 4 is 6.08 Å². The monoisotopic (exact) mass is 330 g/mol. The molecule has 2 heteroatoms. The van der Waals surface area contributed by atoms with Gasteiger partial charge in [-0.3, -0.25) is 0 Å². The van der Waals surface area contributed by atoms with Crippen molar-refractivity contribution in [1.29, 1.82) is 0 Å². The molecule has 0 N–H and O–H groups in total. The Balaban J connectivity index is 2.18. The highest BCUT2D eigenvalue weighted by atomic mass is 16.7. The molecule has 1 fully saturated rings. The van der Waals surface area contributed by atoms with Gasteiger partial charge in [-0.25, -0.2) is 0 Å². The molecular formula is C22H34O2. The van der Waals surface area contributed by atoms with Gasteiger partial charge in [0.25, 0.3) is 0 Å². The standard InChI is InChI=1S/C22H34O2/c1-6-7-9-14-19(15-18-12-10-8-11-13-18)21-23-16-22(4,5)20(24-21)17(2)3/h8,10-13,15,17,20-21H,6-7,9,14,16H2,1-5H3/b19-15-/t20-,21-/m0/s1. The van der Waals surface area contributed by atoms with Crippen molar-refractivity contribution in [2.24, 2.45) is 11.3 Å². The first-order chi connectivity index (χ1) is 11.4. The zero-order chi connectivity index (χ0) is 17.6. The van der Waals surface area contributed by atoms with E-state index in [9.17, 15) is 0 Å². The first-order valence-electron chi connectivity index (χ1n) is 9.46. The zero-order valence-corrected chi connectivity index (χ0v) is 16.0. The van der Waals surface area contributed by atoms with E-state index in [1.165, 1.54) is 30.4 Å². The van der Waals surface area contributed by atoms with Crippen molar-refractivity contribution in [3.8, 4) is 0 Å². The number of hydrogen-bond donors (Lipinski definition) is 0. The lowest BCUT2D eigenvalue weighted by molar-refractivity contribution is -0.254. The summed E-state index contributed by atoms with van der Waals surface area (Å²) >= 11 is 0. The largest absolute Gasteiger partial charge is 0.348 e. The van der Waals surface area contributed by atoms with Gasteiger partial charge < -0.3 is 9.47 Å². The molecule has 0 aliphatic carbocycles. The molecule has 1 heterocycles. The van der Waals surface area contributed by atoms with Crippen LogP contribution in [0.15, 0.2) is 35.9 Å². The minimum absolute atomic E-state index is 0.0615. The Morgan fingerprint density at radius 1 is 1.21 bits per heavy atom. The maximum atomic E-state index is 6.44. The van der Waals surface area contributed by atoms with Gasteiger partial charge in [-0.05, 0) is 29.9 Å². The van der Waals surface area contributed by atoms with E-state index in [1.807, 2.05) is 0 Å². The predicted octanol–water partition coefficient (Wildman–Crippen LogP) is 6.07. The van der Waals surface area contributed by atoms with Crippen LogP contribution in [0.5, 0.6) is 0 Å². The Morgan fingerprint density at radius 3 is 2.54 bits per heavy atom. The molecule has 134 valence electrons. The fourth-order valence-electron chi connectivity index (χ4n) is 3.58. The van der Waals surface area contributed by atoms with Gasteiger partial charge in [0.05, 0.1) is 12.7 Å². The molecule has 1 aliphatic heterocycles. The summed E-state index contributed by atoms with van der Waals surface area (Å²) in [6.07, 6.45) is 6.98. The fraction of sp³-hybridized carbons (Fsp3) is 0.636. The van der Waals surface area contributed by atoms with Gasteiger partial charge in [0.1, 0.15) is 0 Å². The molecule has 1 aliphatic rings. The summed E-state index contributed by atoms with van der Waals surface area (Å²) in [6.45, 7) is 12.0. The molecule has 1 saturated heterocycles. The van der Waals surface area contributed by atoms with Gasteiger partial charge in [-0.2, -0.15) is 0 Å². The van der Waals surface area contributed by atoms with Crippen LogP contribution in [-0.4, -0.2) is 19.0 Å². The lowest BCUT2D eigenvalue weighted by Gasteiger charge is -2.44. The van der Waals surface area contributed by atoms with E-state index in [1.54, 1.807) is 0 Å². The van der Waals surface area contributed by atoms with E-state index >= 15 is 0 Å². The van der Waals surface area contributed by atoms with Gasteiger partial charge in [0.2, 0.25) is 0 Å². The highest BCUT2D eigenvalue weighted by molar-refractivity contribution is 5.53. The predicted molar refractivity (Wildman–Crippen MR) is 102 cm³/mol. The van der Waals surface area contributed by atoms with Crippen molar-refractivity contribution in [1.82, 2.24) is 0 Å². The molecular weight excluding hydrogens is 296 g/mol. The number of unbranched alkanes of at least 4 members (excludes halogenated alkanes) is 2. The van der Waals surface area contributed by atoms with E-state index in [0.717, 1.165) is 13.0 Å². The van der Waals surface area contributed by atoms with Gasteiger partial charge in [0, 0.05) is 5.41 Å². The normalized spacial score (nSPS) is 24.3. The lowest BCUT2D eigenvalue weighted by atomic mass is 9.80. The zero-order valence-electron chi connectivity index (χ0n) is 16.0. The Bertz CT molecular complexity index is 516. The SMILES string of the molecule is CCCCC/C(=C/c1ccccc1)[C@H]1OCC(C)(C)[C@H](C(C)C)O1. The summed E-state index contributed by atoms with van der Waals surface area (Å²) in [5, 5.41) is 0. The molecule has 1 aromatic rings. The second kappa shape index (κ2) is 8.82. The van der Waals surface area contributed by atoms with Crippen LogP contribution in [0.1, 0.15) is 65.9 Å². The quantitative estimate of drug-likeness (QED) is 0.565. The molecule has 2 rings (SSSR count). The molecule has 2 atom stereocenters. The van der Waals surface area contributed by atoms with Gasteiger partial charge in [-0.1, -0.05) is 83.9 Å². The topological polar surface area (TPSA) is 18.5 Å². The van der Waals surface area contributed by atoms with E-state index in [-0.39, 0.29) is 17.8 Å². The maximum absolute atomic E-state index is 6.44. The third kappa shape index (κ3) is 5.19. The molecule has 0 saturated carbocycles. The summed E-state index contributed by atoms with van der Waals surface area (Å²) in [4.78, 5) is 0. The van der Waals surface area contributed by atoms with Crippen molar-refractivity contribution < 1.29 is 9.47 Å². The minimum atomic E-state index is -0.206. The Morgan fingerprint density at radius 2 is 1.92 bits per heavy atom. The highest BCUT2D eigenvalue weighted by Gasteiger charge is 2.40. The maximum Gasteiger partial charge on any atom is 0.180 e. The van der Waals surface area contributed by atoms with Crippen LogP contribution in [0.2, 0.25) is 0 Å². The van der Waals surface area contributed by atoms with Crippen LogP contribution in [0.4, 0.5) is 0 Å². The average Bonchev–Trinajstić information content (AvgIpc) is 2.54. The molecule has 0 radical (unpaired) electrons. The second-order valence-corrected chi connectivity index (χ2v) is 8.02. The molecule has 0 unspecified atom stereocenters. The van der Waals surface area contributed by atoms with Gasteiger partial charge >= 0.3 is 0 Å². The molecule has 0 aromatic heterocycles. The molecule has 0 spiro atoms. The van der Waals surface area contributed by atoms with Crippen molar-refractivity contribution in [2.45, 2.75) is 72.7 Å². The Hall–Kier alpha value is -1.12. The summed E-state index contributed by atoms with van der Waals surface area (Å²) in [7, 11) is 0. The van der Waals surface area contributed by atoms with Gasteiger partial charge in [0.15, 0.2) is 6.29 Å². The van der Waals surface area contributed by atoms with E-state index < -0.39 is 0 Å². The summed E-state index contributed by atoms with van der Waals surface area (Å²) in [5.74, 6) is 0.486. The molecule has 1 aromatic carbocycles. The summed E-state index contributed by atoms with van der Waals surface area (Å²) < 4.78 is 12.6. The first-order valence-corrected chi connectivity index (χ1v) is 9.46. The molecule has 0 amide bonds. The third-order valence-corrected chi connectivity index (χ3v) is 4.78. The minimum Gasteiger partial charge on any atom is -0.348 e. The molecule has 2 nitrogen and oxygen atoms in total. The van der Waals surface area contributed by atoms with Crippen LogP contribution in [0.25, 0.3) is 6.08 Å². The number of rotatable bonds is 7. The fourth-order valence-corrected chi connectivity index (χ4v) is 3.58. The second-order valence-electron chi connectivity index (χ2n) is 8.02. The highest BCUT2D eigenvalue weighted by Crippen LogP contribution is 2.37. The Kier molecular flexibility index (Phi) is 7.06. The summed E-state index contributed by atoms with van der Waals surface area (Å²) in [6, 6.07) is 10.5. The summed E-state index contributed by atoms with van der Waals surface area (Å²) in [5.41, 5.74) is 2.56. The van der Waals surface area contributed by atoms with E-state index in [0.29, 0.717) is 5.92 Å². The van der Waals surface area contributed by atoms with Crippen LogP contribution in [0.3, 0.4) is 0 Å². The smallest absolute Gasteiger partial charge is 0.180 e. The van der Waals surface area contributed by atoms with Gasteiger partial charge in [-0.15, -0.1) is 0 Å². The van der Waals surface area contributed by atoms with Crippen molar-refractivity contribution in [3.05, 3.63) is 41.5 Å². The van der Waals surface area contributed by atoms with E-state index in [4.69, 9.17) is 9.47 Å². The average molecular weight is 331 g/mol. The number of hydrogen-bond acceptors (Lipinski definition) is 2. The molecule has 24 heavy (non-hydrogen) atoms. The van der Waals surface area contributed by atoms with E-state index in [2.05, 4.69) is 71.0 Å². The van der Waals surface area contributed by atoms with Crippen LogP contribution in [0, 0.1) is 11.3 Å². The number of ether oxygens (including phenoxy) is 2. The third-order valence-electron chi connectivity index (χ3n) is 4.78. The van der Waals surface area contributed by atoms with Crippen LogP contribution in [-0.2, 0) is 9.47 Å². The van der Waals surface area contributed by atoms with Crippen LogP contribution < -0.4 is 0 Å². The van der Waals surface area contributed by atoms with Crippen LogP contribution >= 0.6 is 0 Å². The van der Waals surface area contributed by atoms with Crippen molar-refractivity contribution in [3.63, 3.8) is 0 Å². The molecule has 0 bridgehead atoms. The number of benzene rings is 1. The first kappa shape index (κ1) is 19.2. The lowest BCUT2D eigenvalue weighted by Crippen LogP contribution is -2.48.